The van der Waals surface area contributed by atoms with E-state index in [0.29, 0.717) is 23.8 Å². The first kappa shape index (κ1) is 18.1. The summed E-state index contributed by atoms with van der Waals surface area (Å²) in [6, 6.07) is 9.80. The van der Waals surface area contributed by atoms with Crippen LogP contribution in [-0.2, 0) is 6.54 Å². The van der Waals surface area contributed by atoms with E-state index in [-0.39, 0.29) is 0 Å². The third-order valence-electron chi connectivity index (χ3n) is 4.37. The van der Waals surface area contributed by atoms with E-state index >= 15 is 0 Å². The van der Waals surface area contributed by atoms with Gasteiger partial charge in [0.1, 0.15) is 5.82 Å². The van der Waals surface area contributed by atoms with Crippen LogP contribution in [0.4, 0.5) is 5.82 Å². The first-order valence-corrected chi connectivity index (χ1v) is 9.58. The number of hydrogen-bond acceptors (Lipinski definition) is 7. The van der Waals surface area contributed by atoms with E-state index in [0.717, 1.165) is 28.3 Å². The van der Waals surface area contributed by atoms with Crippen molar-refractivity contribution in [3.05, 3.63) is 52.9 Å². The second kappa shape index (κ2) is 7.77. The van der Waals surface area contributed by atoms with Gasteiger partial charge in [-0.3, -0.25) is 0 Å². The minimum atomic E-state index is 0.554. The van der Waals surface area contributed by atoms with Crippen LogP contribution in [0.15, 0.2) is 47.3 Å². The van der Waals surface area contributed by atoms with Crippen molar-refractivity contribution in [2.45, 2.75) is 6.54 Å². The van der Waals surface area contributed by atoms with Crippen LogP contribution in [0.3, 0.4) is 0 Å². The Morgan fingerprint density at radius 2 is 1.82 bits per heavy atom. The molecule has 0 fully saturated rings. The smallest absolute Gasteiger partial charge is 0.203 e. The number of rotatable bonds is 7. The van der Waals surface area contributed by atoms with Crippen molar-refractivity contribution in [3.8, 4) is 28.5 Å². The maximum absolute atomic E-state index is 5.44. The van der Waals surface area contributed by atoms with Gasteiger partial charge in [-0.05, 0) is 29.1 Å². The number of hydrogen-bond donors (Lipinski definition) is 1. The summed E-state index contributed by atoms with van der Waals surface area (Å²) in [6.07, 6.45) is 1.74. The summed E-state index contributed by atoms with van der Waals surface area (Å²) < 4.78 is 18.1. The molecule has 0 amide bonds. The second-order valence-electron chi connectivity index (χ2n) is 6.03. The molecule has 3 heterocycles. The summed E-state index contributed by atoms with van der Waals surface area (Å²) in [5.41, 5.74) is 3.77. The van der Waals surface area contributed by atoms with Crippen molar-refractivity contribution in [2.24, 2.45) is 0 Å². The van der Waals surface area contributed by atoms with Gasteiger partial charge in [-0.2, -0.15) is 21.0 Å². The molecule has 0 saturated carbocycles. The van der Waals surface area contributed by atoms with Crippen LogP contribution in [0, 0.1) is 0 Å². The van der Waals surface area contributed by atoms with Crippen LogP contribution < -0.4 is 19.5 Å². The molecule has 1 aromatic carbocycles. The first-order valence-electron chi connectivity index (χ1n) is 8.63. The summed E-state index contributed by atoms with van der Waals surface area (Å²) in [5.74, 6) is 2.67. The minimum absolute atomic E-state index is 0.554. The molecule has 0 unspecified atom stereocenters. The highest BCUT2D eigenvalue weighted by molar-refractivity contribution is 7.08. The molecular weight excluding hydrogens is 376 g/mol. The van der Waals surface area contributed by atoms with Crippen molar-refractivity contribution in [3.63, 3.8) is 0 Å². The van der Waals surface area contributed by atoms with Crippen LogP contribution in [0.2, 0.25) is 0 Å². The summed E-state index contributed by atoms with van der Waals surface area (Å²) in [6.45, 7) is 0.554. The average Bonchev–Trinajstić information content (AvgIpc) is 3.42. The van der Waals surface area contributed by atoms with Crippen molar-refractivity contribution in [1.82, 2.24) is 14.6 Å². The van der Waals surface area contributed by atoms with Crippen molar-refractivity contribution in [1.29, 1.82) is 0 Å². The predicted octanol–water partition coefficient (Wildman–Crippen LogP) is 4.10. The van der Waals surface area contributed by atoms with Gasteiger partial charge in [0.15, 0.2) is 17.1 Å². The van der Waals surface area contributed by atoms with Crippen LogP contribution in [0.5, 0.6) is 17.2 Å². The number of nitrogens with zero attached hydrogens (tertiary/aromatic N) is 3. The number of nitrogens with one attached hydrogen (secondary N) is 1. The van der Waals surface area contributed by atoms with Crippen LogP contribution in [-0.4, -0.2) is 35.9 Å². The molecule has 8 heteroatoms. The number of fused-ring (bicyclic) bond motifs is 1. The molecule has 3 aromatic heterocycles. The van der Waals surface area contributed by atoms with E-state index in [1.165, 1.54) is 0 Å². The number of anilines is 1. The molecule has 0 radical (unpaired) electrons. The molecule has 4 aromatic rings. The fourth-order valence-corrected chi connectivity index (χ4v) is 3.68. The minimum Gasteiger partial charge on any atom is -0.493 e. The molecule has 0 aliphatic carbocycles. The molecule has 0 bridgehead atoms. The van der Waals surface area contributed by atoms with Gasteiger partial charge in [0.05, 0.1) is 33.2 Å². The Labute approximate surface area is 166 Å². The van der Waals surface area contributed by atoms with Gasteiger partial charge in [0, 0.05) is 29.6 Å². The summed E-state index contributed by atoms with van der Waals surface area (Å²) in [7, 11) is 4.81. The Hall–Kier alpha value is -3.26. The standard InChI is InChI=1S/C20H20N4O3S/c1-25-16-8-13(9-17(26-2)20(16)27-3)11-21-19-10-15(14-5-7-28-12-14)23-18-4-6-22-24(18)19/h4-10,12,21H,11H2,1-3H3. The van der Waals surface area contributed by atoms with Gasteiger partial charge in [-0.25, -0.2) is 4.98 Å². The molecule has 7 nitrogen and oxygen atoms in total. The molecule has 0 spiro atoms. The lowest BCUT2D eigenvalue weighted by atomic mass is 10.1. The van der Waals surface area contributed by atoms with Gasteiger partial charge in [0.25, 0.3) is 0 Å². The largest absolute Gasteiger partial charge is 0.493 e. The SMILES string of the molecule is COc1cc(CNc2cc(-c3ccsc3)nc3ccnn23)cc(OC)c1OC. The molecule has 0 atom stereocenters. The normalized spacial score (nSPS) is 10.8. The fourth-order valence-electron chi connectivity index (χ4n) is 3.03. The van der Waals surface area contributed by atoms with E-state index in [2.05, 4.69) is 26.8 Å². The van der Waals surface area contributed by atoms with Crippen LogP contribution >= 0.6 is 11.3 Å². The van der Waals surface area contributed by atoms with Crippen molar-refractivity contribution < 1.29 is 14.2 Å². The van der Waals surface area contributed by atoms with Crippen molar-refractivity contribution in [2.75, 3.05) is 26.6 Å². The number of ether oxygens (including phenoxy) is 3. The fraction of sp³-hybridized carbons (Fsp3) is 0.200. The molecule has 0 aliphatic heterocycles. The number of benzene rings is 1. The molecule has 0 aliphatic rings. The van der Waals surface area contributed by atoms with Crippen molar-refractivity contribution >= 4 is 22.8 Å². The van der Waals surface area contributed by atoms with Gasteiger partial charge < -0.3 is 19.5 Å². The second-order valence-corrected chi connectivity index (χ2v) is 6.81. The quantitative estimate of drug-likeness (QED) is 0.507. The lowest BCUT2D eigenvalue weighted by Crippen LogP contribution is -2.07. The zero-order chi connectivity index (χ0) is 19.5. The number of methoxy groups -OCH3 is 3. The molecule has 1 N–H and O–H groups in total. The average molecular weight is 396 g/mol. The third kappa shape index (κ3) is 3.34. The highest BCUT2D eigenvalue weighted by Crippen LogP contribution is 2.38. The molecule has 0 saturated heterocycles. The Kier molecular flexibility index (Phi) is 5.03. The zero-order valence-corrected chi connectivity index (χ0v) is 16.6. The first-order chi connectivity index (χ1) is 13.7. The molecule has 28 heavy (non-hydrogen) atoms. The number of aromatic nitrogens is 3. The molecule has 144 valence electrons. The third-order valence-corrected chi connectivity index (χ3v) is 5.06. The van der Waals surface area contributed by atoms with E-state index in [4.69, 9.17) is 14.2 Å². The predicted molar refractivity (Wildman–Crippen MR) is 110 cm³/mol. The molecular formula is C20H20N4O3S. The monoisotopic (exact) mass is 396 g/mol. The Bertz CT molecular complexity index is 1070. The zero-order valence-electron chi connectivity index (χ0n) is 15.8. The highest BCUT2D eigenvalue weighted by atomic mass is 32.1. The Balaban J connectivity index is 1.67. The summed E-state index contributed by atoms with van der Waals surface area (Å²) in [4.78, 5) is 4.68. The Morgan fingerprint density at radius 3 is 2.46 bits per heavy atom. The van der Waals surface area contributed by atoms with Gasteiger partial charge in [0.2, 0.25) is 5.75 Å². The Morgan fingerprint density at radius 1 is 1.04 bits per heavy atom. The van der Waals surface area contributed by atoms with E-state index in [1.807, 2.05) is 29.6 Å². The summed E-state index contributed by atoms with van der Waals surface area (Å²) in [5, 5.41) is 11.9. The van der Waals surface area contributed by atoms with E-state index in [1.54, 1.807) is 43.4 Å². The lowest BCUT2D eigenvalue weighted by molar-refractivity contribution is 0.324. The van der Waals surface area contributed by atoms with E-state index in [9.17, 15) is 0 Å². The molecule has 4 rings (SSSR count). The maximum Gasteiger partial charge on any atom is 0.203 e. The van der Waals surface area contributed by atoms with Crippen LogP contribution in [0.1, 0.15) is 5.56 Å². The van der Waals surface area contributed by atoms with E-state index < -0.39 is 0 Å². The lowest BCUT2D eigenvalue weighted by Gasteiger charge is -2.15. The topological polar surface area (TPSA) is 69.9 Å². The van der Waals surface area contributed by atoms with Gasteiger partial charge in [-0.15, -0.1) is 0 Å². The van der Waals surface area contributed by atoms with Gasteiger partial charge >= 0.3 is 0 Å². The van der Waals surface area contributed by atoms with Gasteiger partial charge in [-0.1, -0.05) is 0 Å². The van der Waals surface area contributed by atoms with Crippen LogP contribution in [0.25, 0.3) is 16.9 Å². The highest BCUT2D eigenvalue weighted by Gasteiger charge is 2.14. The number of thiophene rings is 1. The maximum atomic E-state index is 5.44. The summed E-state index contributed by atoms with van der Waals surface area (Å²) >= 11 is 1.65.